The number of nitrogens with two attached hydrogens (primary N) is 1. The fourth-order valence-corrected chi connectivity index (χ4v) is 2.82. The summed E-state index contributed by atoms with van der Waals surface area (Å²) in [5.41, 5.74) is 5.43. The van der Waals surface area contributed by atoms with Gasteiger partial charge in [-0.25, -0.2) is 0 Å². The number of nitro groups is 1. The van der Waals surface area contributed by atoms with Crippen LogP contribution in [0.1, 0.15) is 11.1 Å². The number of hydrogen-bond acceptors (Lipinski definition) is 7. The van der Waals surface area contributed by atoms with E-state index in [9.17, 15) is 18.5 Å². The lowest BCUT2D eigenvalue weighted by Crippen LogP contribution is -2.28. The van der Waals surface area contributed by atoms with Crippen LogP contribution in [-0.4, -0.2) is 40.4 Å². The maximum Gasteiger partial charge on any atom is 0.296 e. The molecule has 0 saturated carbocycles. The van der Waals surface area contributed by atoms with Crippen LogP contribution in [0.5, 0.6) is 0 Å². The SMILES string of the molecule is Cc1ccc(S(=O)(=O)O)cc1.N=C(N)N(O)N=Cc1cc(Cl)cc(Cl)c1[N+](=O)[O-]. The Bertz CT molecular complexity index is 1040. The third-order valence-corrected chi connectivity index (χ3v) is 4.45. The van der Waals surface area contributed by atoms with Crippen molar-refractivity contribution in [2.75, 3.05) is 0 Å². The molecule has 0 aliphatic carbocycles. The average molecular weight is 464 g/mol. The van der Waals surface area contributed by atoms with E-state index in [4.69, 9.17) is 44.1 Å². The Kier molecular flexibility index (Phi) is 8.48. The van der Waals surface area contributed by atoms with E-state index in [2.05, 4.69) is 5.10 Å². The number of nitro benzene ring substituents is 1. The highest BCUT2D eigenvalue weighted by Crippen LogP contribution is 2.30. The summed E-state index contributed by atoms with van der Waals surface area (Å²) in [6.07, 6.45) is 0.914. The fourth-order valence-electron chi connectivity index (χ4n) is 1.77. The molecule has 2 aromatic carbocycles. The van der Waals surface area contributed by atoms with E-state index in [0.717, 1.165) is 11.8 Å². The van der Waals surface area contributed by atoms with E-state index in [0.29, 0.717) is 0 Å². The molecular formula is C15H15Cl2N5O6S. The average Bonchev–Trinajstić information content (AvgIpc) is 2.58. The largest absolute Gasteiger partial charge is 0.367 e. The van der Waals surface area contributed by atoms with Gasteiger partial charge in [0.2, 0.25) is 5.96 Å². The van der Waals surface area contributed by atoms with Crippen LogP contribution in [0.4, 0.5) is 5.69 Å². The van der Waals surface area contributed by atoms with Crippen molar-refractivity contribution >= 4 is 51.2 Å². The Balaban J connectivity index is 0.000000326. The normalized spacial score (nSPS) is 10.9. The topological polar surface area (TPSA) is 183 Å². The first-order valence-electron chi connectivity index (χ1n) is 7.37. The van der Waals surface area contributed by atoms with Gasteiger partial charge in [0.15, 0.2) is 0 Å². The van der Waals surface area contributed by atoms with Crippen LogP contribution in [0.25, 0.3) is 0 Å². The Morgan fingerprint density at radius 2 is 1.86 bits per heavy atom. The molecule has 0 aromatic heterocycles. The molecule has 156 valence electrons. The summed E-state index contributed by atoms with van der Waals surface area (Å²) >= 11 is 11.4. The summed E-state index contributed by atoms with van der Waals surface area (Å²) < 4.78 is 29.6. The molecule has 2 aromatic rings. The summed E-state index contributed by atoms with van der Waals surface area (Å²) in [5.74, 6) is -0.748. The second kappa shape index (κ2) is 10.1. The molecule has 0 heterocycles. The molecule has 0 unspecified atom stereocenters. The molecule has 0 fully saturated rings. The first kappa shape index (κ1) is 24.3. The van der Waals surface area contributed by atoms with Gasteiger partial charge in [-0.15, -0.1) is 5.17 Å². The fraction of sp³-hybridized carbons (Fsp3) is 0.0667. The van der Waals surface area contributed by atoms with Crippen LogP contribution in [0.2, 0.25) is 10.0 Å². The number of aryl methyl sites for hydroxylation is 1. The minimum atomic E-state index is -4.02. The summed E-state index contributed by atoms with van der Waals surface area (Å²) in [4.78, 5) is 10.0. The number of nitrogens with zero attached hydrogens (tertiary/aromatic N) is 3. The molecule has 0 atom stereocenters. The maximum absolute atomic E-state index is 10.8. The van der Waals surface area contributed by atoms with Crippen LogP contribution in [-0.2, 0) is 10.1 Å². The van der Waals surface area contributed by atoms with Crippen LogP contribution in [0, 0.1) is 22.4 Å². The van der Waals surface area contributed by atoms with Gasteiger partial charge in [0.05, 0.1) is 21.6 Å². The second-order valence-corrected chi connectivity index (χ2v) is 7.56. The first-order valence-corrected chi connectivity index (χ1v) is 9.57. The Hall–Kier alpha value is -2.77. The molecule has 0 spiro atoms. The lowest BCUT2D eigenvalue weighted by atomic mass is 10.2. The Morgan fingerprint density at radius 1 is 1.31 bits per heavy atom. The Morgan fingerprint density at radius 3 is 2.31 bits per heavy atom. The van der Waals surface area contributed by atoms with E-state index in [1.807, 2.05) is 6.92 Å². The zero-order chi connectivity index (χ0) is 22.4. The molecule has 0 radical (unpaired) electrons. The summed E-state index contributed by atoms with van der Waals surface area (Å²) in [7, 11) is -4.02. The van der Waals surface area contributed by atoms with Crippen molar-refractivity contribution in [1.82, 2.24) is 5.17 Å². The second-order valence-electron chi connectivity index (χ2n) is 5.29. The van der Waals surface area contributed by atoms with E-state index in [1.54, 1.807) is 12.1 Å². The van der Waals surface area contributed by atoms with Crippen molar-refractivity contribution in [3.05, 3.63) is 67.7 Å². The van der Waals surface area contributed by atoms with Gasteiger partial charge in [-0.05, 0) is 31.2 Å². The van der Waals surface area contributed by atoms with Crippen LogP contribution in [0.3, 0.4) is 0 Å². The molecule has 0 aliphatic rings. The quantitative estimate of drug-likeness (QED) is 0.175. The van der Waals surface area contributed by atoms with Gasteiger partial charge in [0.25, 0.3) is 15.8 Å². The molecule has 0 aliphatic heterocycles. The van der Waals surface area contributed by atoms with E-state index >= 15 is 0 Å². The first-order chi connectivity index (χ1) is 13.3. The number of hydrogen-bond donors (Lipinski definition) is 4. The van der Waals surface area contributed by atoms with Gasteiger partial charge in [-0.2, -0.15) is 13.5 Å². The minimum absolute atomic E-state index is 0.0298. The highest BCUT2D eigenvalue weighted by atomic mass is 35.5. The summed E-state index contributed by atoms with van der Waals surface area (Å²) in [6.45, 7) is 1.84. The van der Waals surface area contributed by atoms with Crippen molar-refractivity contribution in [3.63, 3.8) is 0 Å². The van der Waals surface area contributed by atoms with Crippen molar-refractivity contribution in [3.8, 4) is 0 Å². The van der Waals surface area contributed by atoms with Crippen molar-refractivity contribution in [2.24, 2.45) is 10.8 Å². The highest BCUT2D eigenvalue weighted by molar-refractivity contribution is 7.85. The van der Waals surface area contributed by atoms with Crippen molar-refractivity contribution in [1.29, 1.82) is 5.41 Å². The zero-order valence-electron chi connectivity index (χ0n) is 14.7. The third kappa shape index (κ3) is 7.63. The van der Waals surface area contributed by atoms with E-state index in [1.165, 1.54) is 24.3 Å². The van der Waals surface area contributed by atoms with Crippen molar-refractivity contribution in [2.45, 2.75) is 11.8 Å². The zero-order valence-corrected chi connectivity index (χ0v) is 17.0. The molecular weight excluding hydrogens is 449 g/mol. The summed E-state index contributed by atoms with van der Waals surface area (Å²) in [5, 5.41) is 30.0. The monoisotopic (exact) mass is 463 g/mol. The number of hydrazone groups is 1. The molecule has 11 nitrogen and oxygen atoms in total. The lowest BCUT2D eigenvalue weighted by Gasteiger charge is -2.06. The highest BCUT2D eigenvalue weighted by Gasteiger charge is 2.19. The molecule has 0 saturated heterocycles. The standard InChI is InChI=1S/C8H7Cl2N5O3.C7H8O3S/c9-5-1-4(3-13-14(16)8(11)12)7(15(17)18)6(10)2-5;1-6-2-4-7(5-3-6)11(8,9)10/h1-3,16H,(H3,11,12);2-5H,1H3,(H,8,9,10). The number of nitrogens with one attached hydrogen (secondary N) is 1. The molecule has 29 heavy (non-hydrogen) atoms. The van der Waals surface area contributed by atoms with E-state index < -0.39 is 26.7 Å². The van der Waals surface area contributed by atoms with Gasteiger partial charge >= 0.3 is 0 Å². The van der Waals surface area contributed by atoms with Crippen LogP contribution in [0.15, 0.2) is 46.4 Å². The number of benzene rings is 2. The number of rotatable bonds is 4. The predicted molar refractivity (Wildman–Crippen MR) is 107 cm³/mol. The van der Waals surface area contributed by atoms with Crippen molar-refractivity contribution < 1.29 is 23.1 Å². The number of hydroxylamine groups is 1. The van der Waals surface area contributed by atoms with Gasteiger partial charge in [0, 0.05) is 5.02 Å². The van der Waals surface area contributed by atoms with Gasteiger partial charge in [-0.3, -0.25) is 25.3 Å². The van der Waals surface area contributed by atoms with Crippen LogP contribution < -0.4 is 5.73 Å². The van der Waals surface area contributed by atoms with Crippen LogP contribution >= 0.6 is 23.2 Å². The van der Waals surface area contributed by atoms with Gasteiger partial charge in [0.1, 0.15) is 5.02 Å². The lowest BCUT2D eigenvalue weighted by molar-refractivity contribution is -0.384. The predicted octanol–water partition coefficient (Wildman–Crippen LogP) is 3.06. The molecule has 2 rings (SSSR count). The smallest absolute Gasteiger partial charge is 0.296 e. The number of guanidine groups is 1. The maximum atomic E-state index is 10.8. The van der Waals surface area contributed by atoms with E-state index in [-0.39, 0.29) is 25.7 Å². The molecule has 5 N–H and O–H groups in total. The third-order valence-electron chi connectivity index (χ3n) is 3.08. The van der Waals surface area contributed by atoms with Gasteiger partial charge in [-0.1, -0.05) is 40.9 Å². The number of halogens is 2. The molecule has 14 heteroatoms. The van der Waals surface area contributed by atoms with Gasteiger partial charge < -0.3 is 5.73 Å². The molecule has 0 bridgehead atoms. The summed E-state index contributed by atoms with van der Waals surface area (Å²) in [6, 6.07) is 8.44. The molecule has 0 amide bonds. The minimum Gasteiger partial charge on any atom is -0.367 e. The Labute approximate surface area is 175 Å².